The van der Waals surface area contributed by atoms with Crippen LogP contribution in [-0.2, 0) is 6.54 Å². The van der Waals surface area contributed by atoms with Crippen LogP contribution in [0.15, 0.2) is 103 Å². The number of methoxy groups -OCH3 is 1. The quantitative estimate of drug-likeness (QED) is 0.346. The van der Waals surface area contributed by atoms with Gasteiger partial charge in [-0.15, -0.1) is 0 Å². The van der Waals surface area contributed by atoms with Gasteiger partial charge in [-0.25, -0.2) is 4.98 Å². The van der Waals surface area contributed by atoms with Gasteiger partial charge in [0.2, 0.25) is 0 Å². The predicted octanol–water partition coefficient (Wildman–Crippen LogP) is 6.43. The van der Waals surface area contributed by atoms with Gasteiger partial charge in [-0.3, -0.25) is 0 Å². The highest BCUT2D eigenvalue weighted by Gasteiger charge is 2.13. The highest BCUT2D eigenvalue weighted by molar-refractivity contribution is 5.81. The van der Waals surface area contributed by atoms with E-state index < -0.39 is 0 Å². The number of para-hydroxylation sites is 2. The Labute approximate surface area is 176 Å². The first-order valence-electron chi connectivity index (χ1n) is 10.1. The van der Waals surface area contributed by atoms with Gasteiger partial charge in [0.15, 0.2) is 0 Å². The second kappa shape index (κ2) is 7.88. The molecule has 0 unspecified atom stereocenters. The molecular formula is C27H22N2O. The van der Waals surface area contributed by atoms with Gasteiger partial charge in [-0.05, 0) is 53.1 Å². The molecule has 0 saturated carbocycles. The Hall–Kier alpha value is -3.85. The summed E-state index contributed by atoms with van der Waals surface area (Å²) in [6, 6.07) is 35.6. The maximum atomic E-state index is 5.31. The van der Waals surface area contributed by atoms with Crippen molar-refractivity contribution < 1.29 is 4.74 Å². The smallest absolute Gasteiger partial charge is 0.141 e. The first-order valence-corrected chi connectivity index (χ1v) is 10.1. The molecule has 0 amide bonds. The molecule has 3 heteroatoms. The third-order valence-electron chi connectivity index (χ3n) is 5.40. The minimum absolute atomic E-state index is 0.761. The van der Waals surface area contributed by atoms with Crippen molar-refractivity contribution in [2.75, 3.05) is 7.11 Å². The van der Waals surface area contributed by atoms with Crippen molar-refractivity contribution in [1.29, 1.82) is 0 Å². The van der Waals surface area contributed by atoms with Crippen LogP contribution in [0.2, 0.25) is 0 Å². The predicted molar refractivity (Wildman–Crippen MR) is 123 cm³/mol. The molecule has 0 aliphatic rings. The number of aromatic nitrogens is 2. The molecule has 0 spiro atoms. The fourth-order valence-corrected chi connectivity index (χ4v) is 3.81. The zero-order valence-corrected chi connectivity index (χ0v) is 16.8. The van der Waals surface area contributed by atoms with E-state index in [0.29, 0.717) is 0 Å². The lowest BCUT2D eigenvalue weighted by atomic mass is 10.0. The highest BCUT2D eigenvalue weighted by atomic mass is 16.5. The van der Waals surface area contributed by atoms with Gasteiger partial charge in [0.25, 0.3) is 0 Å². The van der Waals surface area contributed by atoms with Crippen molar-refractivity contribution in [1.82, 2.24) is 9.55 Å². The van der Waals surface area contributed by atoms with Crippen LogP contribution in [0, 0.1) is 0 Å². The van der Waals surface area contributed by atoms with Gasteiger partial charge in [0, 0.05) is 12.1 Å². The van der Waals surface area contributed by atoms with Crippen molar-refractivity contribution in [3.05, 3.63) is 109 Å². The van der Waals surface area contributed by atoms with Gasteiger partial charge < -0.3 is 9.30 Å². The number of benzene rings is 4. The zero-order chi connectivity index (χ0) is 20.3. The molecular weight excluding hydrogens is 368 g/mol. The number of ether oxygens (including phenoxy) is 1. The maximum Gasteiger partial charge on any atom is 0.141 e. The molecule has 3 nitrogen and oxygen atoms in total. The lowest BCUT2D eigenvalue weighted by Crippen LogP contribution is -2.02. The summed E-state index contributed by atoms with van der Waals surface area (Å²) in [5.74, 6) is 1.81. The van der Waals surface area contributed by atoms with Crippen LogP contribution < -0.4 is 4.74 Å². The van der Waals surface area contributed by atoms with E-state index in [9.17, 15) is 0 Å². The van der Waals surface area contributed by atoms with Gasteiger partial charge in [-0.2, -0.15) is 0 Å². The molecule has 146 valence electrons. The van der Waals surface area contributed by atoms with Crippen molar-refractivity contribution >= 4 is 11.0 Å². The fraction of sp³-hybridized carbons (Fsp3) is 0.0741. The number of rotatable bonds is 5. The molecule has 5 aromatic rings. The van der Waals surface area contributed by atoms with Crippen molar-refractivity contribution in [2.45, 2.75) is 6.54 Å². The molecule has 0 bridgehead atoms. The number of fused-ring (bicyclic) bond motifs is 1. The topological polar surface area (TPSA) is 27.1 Å². The largest absolute Gasteiger partial charge is 0.497 e. The van der Waals surface area contributed by atoms with E-state index in [4.69, 9.17) is 9.72 Å². The van der Waals surface area contributed by atoms with Crippen LogP contribution in [0.1, 0.15) is 5.56 Å². The zero-order valence-electron chi connectivity index (χ0n) is 16.8. The maximum absolute atomic E-state index is 5.31. The molecule has 0 aliphatic carbocycles. The van der Waals surface area contributed by atoms with E-state index in [1.165, 1.54) is 16.7 Å². The van der Waals surface area contributed by atoms with Gasteiger partial charge in [-0.1, -0.05) is 66.7 Å². The van der Waals surface area contributed by atoms with E-state index in [1.54, 1.807) is 7.11 Å². The lowest BCUT2D eigenvalue weighted by molar-refractivity contribution is 0.415. The number of hydrogen-bond donors (Lipinski definition) is 0. The number of imidazole rings is 1. The lowest BCUT2D eigenvalue weighted by Gasteiger charge is -2.11. The fourth-order valence-electron chi connectivity index (χ4n) is 3.81. The minimum atomic E-state index is 0.761. The first kappa shape index (κ1) is 18.2. The highest BCUT2D eigenvalue weighted by Crippen LogP contribution is 2.28. The number of hydrogen-bond acceptors (Lipinski definition) is 2. The standard InChI is InChI=1S/C27H22N2O/c1-30-24-17-15-23(16-18-24)27-28-25-9-5-6-10-26(25)29(27)19-20-11-13-22(14-12-20)21-7-3-2-4-8-21/h2-18H,19H2,1H3. The Kier molecular flexibility index (Phi) is 4.78. The molecule has 0 atom stereocenters. The van der Waals surface area contributed by atoms with Crippen LogP contribution in [0.5, 0.6) is 5.75 Å². The Morgan fingerprint density at radius 1 is 0.667 bits per heavy atom. The van der Waals surface area contributed by atoms with Crippen molar-refractivity contribution in [3.63, 3.8) is 0 Å². The molecule has 1 heterocycles. The van der Waals surface area contributed by atoms with Gasteiger partial charge in [0.05, 0.1) is 18.1 Å². The average molecular weight is 390 g/mol. The van der Waals surface area contributed by atoms with E-state index in [2.05, 4.69) is 83.4 Å². The van der Waals surface area contributed by atoms with Crippen molar-refractivity contribution in [3.8, 4) is 28.3 Å². The van der Waals surface area contributed by atoms with E-state index >= 15 is 0 Å². The molecule has 0 radical (unpaired) electrons. The molecule has 30 heavy (non-hydrogen) atoms. The van der Waals surface area contributed by atoms with Crippen LogP contribution in [-0.4, -0.2) is 16.7 Å². The molecule has 0 N–H and O–H groups in total. The summed E-state index contributed by atoms with van der Waals surface area (Å²) in [7, 11) is 1.68. The van der Waals surface area contributed by atoms with E-state index in [0.717, 1.165) is 34.7 Å². The summed E-state index contributed by atoms with van der Waals surface area (Å²) >= 11 is 0. The Morgan fingerprint density at radius 3 is 2.03 bits per heavy atom. The Morgan fingerprint density at radius 2 is 1.30 bits per heavy atom. The van der Waals surface area contributed by atoms with E-state index in [-0.39, 0.29) is 0 Å². The molecule has 1 aromatic heterocycles. The normalized spacial score (nSPS) is 11.0. The minimum Gasteiger partial charge on any atom is -0.497 e. The summed E-state index contributed by atoms with van der Waals surface area (Å²) in [4.78, 5) is 4.92. The Balaban J connectivity index is 1.53. The summed E-state index contributed by atoms with van der Waals surface area (Å²) in [5, 5.41) is 0. The number of nitrogens with zero attached hydrogens (tertiary/aromatic N) is 2. The van der Waals surface area contributed by atoms with Crippen LogP contribution in [0.3, 0.4) is 0 Å². The summed E-state index contributed by atoms with van der Waals surface area (Å²) in [6.07, 6.45) is 0. The third kappa shape index (κ3) is 3.46. The molecule has 0 fully saturated rings. The average Bonchev–Trinajstić information content (AvgIpc) is 3.18. The first-order chi connectivity index (χ1) is 14.8. The molecule has 0 saturated heterocycles. The molecule has 4 aromatic carbocycles. The Bertz CT molecular complexity index is 1270. The third-order valence-corrected chi connectivity index (χ3v) is 5.40. The second-order valence-electron chi connectivity index (χ2n) is 7.30. The van der Waals surface area contributed by atoms with Gasteiger partial charge >= 0.3 is 0 Å². The molecule has 5 rings (SSSR count). The van der Waals surface area contributed by atoms with Crippen LogP contribution in [0.4, 0.5) is 0 Å². The van der Waals surface area contributed by atoms with Crippen molar-refractivity contribution in [2.24, 2.45) is 0 Å². The van der Waals surface area contributed by atoms with Gasteiger partial charge in [0.1, 0.15) is 11.6 Å². The van der Waals surface area contributed by atoms with E-state index in [1.807, 2.05) is 24.3 Å². The summed E-state index contributed by atoms with van der Waals surface area (Å²) in [5.41, 5.74) is 6.92. The summed E-state index contributed by atoms with van der Waals surface area (Å²) < 4.78 is 7.60. The van der Waals surface area contributed by atoms with Crippen LogP contribution >= 0.6 is 0 Å². The molecule has 0 aliphatic heterocycles. The van der Waals surface area contributed by atoms with Crippen LogP contribution in [0.25, 0.3) is 33.5 Å². The summed E-state index contributed by atoms with van der Waals surface area (Å²) in [6.45, 7) is 0.761. The monoisotopic (exact) mass is 390 g/mol. The SMILES string of the molecule is COc1ccc(-c2nc3ccccc3n2Cc2ccc(-c3ccccc3)cc2)cc1. The second-order valence-corrected chi connectivity index (χ2v) is 7.30.